The monoisotopic (exact) mass is 613 g/mol. The van der Waals surface area contributed by atoms with Crippen LogP contribution >= 0.6 is 11.8 Å². The fourth-order valence-electron chi connectivity index (χ4n) is 6.74. The van der Waals surface area contributed by atoms with Crippen LogP contribution in [0, 0.1) is 26.2 Å². The number of hydrogen-bond acceptors (Lipinski definition) is 7. The van der Waals surface area contributed by atoms with Crippen molar-refractivity contribution in [3.8, 4) is 17.2 Å². The third kappa shape index (κ3) is 6.61. The van der Waals surface area contributed by atoms with Gasteiger partial charge in [0.25, 0.3) is 0 Å². The molecule has 232 valence electrons. The molecule has 0 aromatic heterocycles. The van der Waals surface area contributed by atoms with Crippen molar-refractivity contribution < 1.29 is 19.0 Å². The van der Waals surface area contributed by atoms with E-state index >= 15 is 0 Å². The highest BCUT2D eigenvalue weighted by Gasteiger charge is 2.39. The number of thioether (sulfide) groups is 1. The molecular weight excluding hydrogens is 570 g/mol. The third-order valence-electron chi connectivity index (χ3n) is 9.40. The topological polar surface area (TPSA) is 83.9 Å². The Kier molecular flexibility index (Phi) is 8.92. The largest absolute Gasteiger partial charge is 0.492 e. The number of likely N-dealkylation sites (tertiary alicyclic amines) is 1. The molecule has 0 saturated carbocycles. The van der Waals surface area contributed by atoms with Crippen LogP contribution in [0.4, 0.5) is 0 Å². The lowest BCUT2D eigenvalue weighted by Gasteiger charge is -2.41. The summed E-state index contributed by atoms with van der Waals surface area (Å²) in [6.45, 7) is 11.9. The number of nitrogens with zero attached hydrogens (tertiary/aromatic N) is 1. The van der Waals surface area contributed by atoms with Crippen LogP contribution in [0.5, 0.6) is 17.2 Å². The van der Waals surface area contributed by atoms with E-state index in [0.717, 1.165) is 67.1 Å². The molecule has 0 aliphatic carbocycles. The van der Waals surface area contributed by atoms with Crippen molar-refractivity contribution in [3.63, 3.8) is 0 Å². The Balaban J connectivity index is 1.06. The zero-order valence-electron chi connectivity index (χ0n) is 26.2. The highest BCUT2D eigenvalue weighted by molar-refractivity contribution is 8.15. The quantitative estimate of drug-likeness (QED) is 0.271. The molecule has 3 aromatic rings. The Morgan fingerprint density at radius 3 is 2.52 bits per heavy atom. The molecule has 3 unspecified atom stereocenters. The van der Waals surface area contributed by atoms with E-state index in [9.17, 15) is 4.79 Å². The molecule has 0 spiro atoms. The van der Waals surface area contributed by atoms with E-state index in [0.29, 0.717) is 25.7 Å². The van der Waals surface area contributed by atoms with Gasteiger partial charge in [0.15, 0.2) is 5.17 Å². The standard InChI is InChI=1S/C36H43N3O4S/c1-23-24(2)33-30(25(3)32(23)42-20-27-9-6-5-7-10-27)16-17-36(4,43-33)22-39-18-8-11-28(39)21-41-29-14-12-26(13-15-29)19-31-34(40)38-35(37)44-31/h5-7,9-10,12-15,28,31H,8,11,16-22H2,1-4H3,(H2,37,38,40). The zero-order chi connectivity index (χ0) is 30.8. The minimum Gasteiger partial charge on any atom is -0.492 e. The van der Waals surface area contributed by atoms with Gasteiger partial charge < -0.3 is 19.5 Å². The summed E-state index contributed by atoms with van der Waals surface area (Å²) in [7, 11) is 0. The molecule has 2 saturated heterocycles. The maximum atomic E-state index is 12.0. The second kappa shape index (κ2) is 12.9. The summed E-state index contributed by atoms with van der Waals surface area (Å²) in [5, 5.41) is 10.2. The normalized spacial score (nSPS) is 23.3. The summed E-state index contributed by atoms with van der Waals surface area (Å²) in [6, 6.07) is 18.7. The van der Waals surface area contributed by atoms with Crippen molar-refractivity contribution in [1.29, 1.82) is 5.41 Å². The van der Waals surface area contributed by atoms with Crippen LogP contribution < -0.4 is 19.5 Å². The zero-order valence-corrected chi connectivity index (χ0v) is 27.0. The fourth-order valence-corrected chi connectivity index (χ4v) is 7.63. The van der Waals surface area contributed by atoms with Crippen molar-refractivity contribution in [2.75, 3.05) is 19.7 Å². The Labute approximate surface area is 265 Å². The number of fused-ring (bicyclic) bond motifs is 1. The number of rotatable bonds is 10. The van der Waals surface area contributed by atoms with Crippen molar-refractivity contribution in [3.05, 3.63) is 88.0 Å². The second-order valence-corrected chi connectivity index (χ2v) is 13.9. The van der Waals surface area contributed by atoms with E-state index in [4.69, 9.17) is 19.6 Å². The number of amides is 1. The lowest BCUT2D eigenvalue weighted by atomic mass is 9.86. The van der Waals surface area contributed by atoms with Gasteiger partial charge in [-0.2, -0.15) is 0 Å². The molecule has 8 heteroatoms. The Morgan fingerprint density at radius 2 is 1.80 bits per heavy atom. The number of benzene rings is 3. The van der Waals surface area contributed by atoms with Crippen LogP contribution in [-0.2, 0) is 24.2 Å². The molecule has 3 aromatic carbocycles. The number of ether oxygens (including phenoxy) is 3. The maximum absolute atomic E-state index is 12.0. The maximum Gasteiger partial charge on any atom is 0.239 e. The summed E-state index contributed by atoms with van der Waals surface area (Å²) in [5.41, 5.74) is 6.78. The summed E-state index contributed by atoms with van der Waals surface area (Å²) in [6.07, 6.45) is 4.82. The van der Waals surface area contributed by atoms with Crippen LogP contribution in [0.1, 0.15) is 59.6 Å². The molecule has 6 rings (SSSR count). The minimum atomic E-state index is -0.270. The molecule has 3 heterocycles. The first-order chi connectivity index (χ1) is 21.2. The number of carbonyl (C=O) groups excluding carboxylic acids is 1. The average molecular weight is 614 g/mol. The Morgan fingerprint density at radius 1 is 1.02 bits per heavy atom. The molecule has 3 aliphatic rings. The van der Waals surface area contributed by atoms with Crippen molar-refractivity contribution in [2.24, 2.45) is 0 Å². The summed E-state index contributed by atoms with van der Waals surface area (Å²) in [4.78, 5) is 14.5. The van der Waals surface area contributed by atoms with Crippen LogP contribution in [0.3, 0.4) is 0 Å². The van der Waals surface area contributed by atoms with Crippen LogP contribution in [-0.4, -0.2) is 52.6 Å². The van der Waals surface area contributed by atoms with Gasteiger partial charge in [-0.25, -0.2) is 0 Å². The first-order valence-electron chi connectivity index (χ1n) is 15.7. The highest BCUT2D eigenvalue weighted by Crippen LogP contribution is 2.44. The van der Waals surface area contributed by atoms with Gasteiger partial charge in [0.2, 0.25) is 5.91 Å². The van der Waals surface area contributed by atoms with Gasteiger partial charge in [-0.3, -0.25) is 15.1 Å². The first kappa shape index (κ1) is 30.5. The van der Waals surface area contributed by atoms with Crippen molar-refractivity contribution >= 4 is 22.8 Å². The minimum absolute atomic E-state index is 0.0844. The van der Waals surface area contributed by atoms with Gasteiger partial charge in [0.05, 0.1) is 5.25 Å². The van der Waals surface area contributed by atoms with E-state index in [1.165, 1.54) is 34.0 Å². The molecule has 3 aliphatic heterocycles. The number of hydrogen-bond donors (Lipinski definition) is 2. The smallest absolute Gasteiger partial charge is 0.239 e. The van der Waals surface area contributed by atoms with Crippen molar-refractivity contribution in [1.82, 2.24) is 10.2 Å². The average Bonchev–Trinajstić information content (AvgIpc) is 3.59. The fraction of sp³-hybridized carbons (Fsp3) is 0.444. The van der Waals surface area contributed by atoms with Crippen LogP contribution in [0.25, 0.3) is 0 Å². The molecule has 0 bridgehead atoms. The predicted octanol–water partition coefficient (Wildman–Crippen LogP) is 6.53. The third-order valence-corrected chi connectivity index (χ3v) is 10.4. The molecule has 2 N–H and O–H groups in total. The van der Waals surface area contributed by atoms with E-state index in [1.54, 1.807) is 0 Å². The first-order valence-corrected chi connectivity index (χ1v) is 16.6. The van der Waals surface area contributed by atoms with Gasteiger partial charge in [-0.1, -0.05) is 54.2 Å². The van der Waals surface area contributed by atoms with E-state index in [2.05, 4.69) is 50.0 Å². The van der Waals surface area contributed by atoms with Gasteiger partial charge in [0.1, 0.15) is 36.1 Å². The Hall–Kier alpha value is -3.49. The van der Waals surface area contributed by atoms with Gasteiger partial charge in [-0.05, 0) is 106 Å². The summed E-state index contributed by atoms with van der Waals surface area (Å²) < 4.78 is 19.5. The molecular formula is C36H43N3O4S. The Bertz CT molecular complexity index is 1530. The van der Waals surface area contributed by atoms with Crippen molar-refractivity contribution in [2.45, 2.75) is 83.3 Å². The highest BCUT2D eigenvalue weighted by atomic mass is 32.2. The van der Waals surface area contributed by atoms with E-state index < -0.39 is 0 Å². The number of amidine groups is 1. The van der Waals surface area contributed by atoms with Gasteiger partial charge >= 0.3 is 0 Å². The second-order valence-electron chi connectivity index (χ2n) is 12.7. The van der Waals surface area contributed by atoms with Crippen LogP contribution in [0.2, 0.25) is 0 Å². The molecule has 3 atom stereocenters. The van der Waals surface area contributed by atoms with Gasteiger partial charge in [0, 0.05) is 18.2 Å². The lowest BCUT2D eigenvalue weighted by Crippen LogP contribution is -2.50. The van der Waals surface area contributed by atoms with E-state index in [-0.39, 0.29) is 21.9 Å². The number of carbonyl (C=O) groups is 1. The summed E-state index contributed by atoms with van der Waals surface area (Å²) in [5.74, 6) is 2.79. The van der Waals surface area contributed by atoms with Crippen LogP contribution in [0.15, 0.2) is 54.6 Å². The predicted molar refractivity (Wildman–Crippen MR) is 176 cm³/mol. The van der Waals surface area contributed by atoms with Gasteiger partial charge in [-0.15, -0.1) is 0 Å². The molecule has 1 amide bonds. The molecule has 0 radical (unpaired) electrons. The lowest BCUT2D eigenvalue weighted by molar-refractivity contribution is -0.118. The SMILES string of the molecule is Cc1c(C)c2c(c(C)c1OCc1ccccc1)CCC(C)(CN1CCCC1COc1ccc(CC3SC(=N)NC3=O)cc1)O2. The molecule has 7 nitrogen and oxygen atoms in total. The number of nitrogens with one attached hydrogen (secondary N) is 2. The summed E-state index contributed by atoms with van der Waals surface area (Å²) >= 11 is 1.28. The molecule has 2 fully saturated rings. The van der Waals surface area contributed by atoms with E-state index in [1.807, 2.05) is 42.5 Å². The molecule has 44 heavy (non-hydrogen) atoms.